The van der Waals surface area contributed by atoms with Crippen LogP contribution in [0.1, 0.15) is 5.69 Å². The van der Waals surface area contributed by atoms with Crippen LogP contribution in [0.3, 0.4) is 0 Å². The topological polar surface area (TPSA) is 90.9 Å². The van der Waals surface area contributed by atoms with Gasteiger partial charge in [-0.2, -0.15) is 5.10 Å². The molecule has 0 saturated carbocycles. The van der Waals surface area contributed by atoms with Crippen LogP contribution < -0.4 is 15.8 Å². The third-order valence-corrected chi connectivity index (χ3v) is 2.42. The van der Waals surface area contributed by atoms with Gasteiger partial charge >= 0.3 is 0 Å². The number of thiocarbonyl (C=S) groups is 1. The summed E-state index contributed by atoms with van der Waals surface area (Å²) in [6, 6.07) is 1.73. The molecule has 0 fully saturated rings. The first-order valence-corrected chi connectivity index (χ1v) is 5.48. The first-order valence-electron chi connectivity index (χ1n) is 5.07. The summed E-state index contributed by atoms with van der Waals surface area (Å²) in [4.78, 5) is 8.37. The third-order valence-electron chi connectivity index (χ3n) is 2.22. The fraction of sp³-hybridized carbons (Fsp3) is 0.200. The highest BCUT2D eigenvalue weighted by Crippen LogP contribution is 2.20. The van der Waals surface area contributed by atoms with Crippen LogP contribution >= 0.6 is 12.2 Å². The van der Waals surface area contributed by atoms with Gasteiger partial charge in [0.15, 0.2) is 11.6 Å². The maximum Gasteiger partial charge on any atom is 0.213 e. The molecule has 0 saturated heterocycles. The zero-order valence-corrected chi connectivity index (χ0v) is 10.7. The lowest BCUT2D eigenvalue weighted by Crippen LogP contribution is -2.15. The van der Waals surface area contributed by atoms with Crippen molar-refractivity contribution in [1.82, 2.24) is 19.7 Å². The Balaban J connectivity index is 2.31. The Hall–Kier alpha value is -2.22. The Morgan fingerprint density at radius 2 is 2.17 bits per heavy atom. The first kappa shape index (κ1) is 12.2. The minimum absolute atomic E-state index is 0.175. The molecule has 8 heteroatoms. The average molecular weight is 264 g/mol. The van der Waals surface area contributed by atoms with Crippen LogP contribution in [0.5, 0.6) is 5.88 Å². The molecule has 0 unspecified atom stereocenters. The SMILES string of the molecule is COc1cc(Nc2nccnc2C(N)=S)nn1C. The number of anilines is 2. The van der Waals surface area contributed by atoms with Gasteiger partial charge in [-0.1, -0.05) is 12.2 Å². The van der Waals surface area contributed by atoms with Gasteiger partial charge in [0, 0.05) is 25.5 Å². The van der Waals surface area contributed by atoms with Gasteiger partial charge in [0.25, 0.3) is 0 Å². The lowest BCUT2D eigenvalue weighted by Gasteiger charge is -2.05. The van der Waals surface area contributed by atoms with E-state index in [1.165, 1.54) is 6.20 Å². The lowest BCUT2D eigenvalue weighted by molar-refractivity contribution is 0.373. The van der Waals surface area contributed by atoms with Gasteiger partial charge < -0.3 is 15.8 Å². The molecule has 0 radical (unpaired) electrons. The largest absolute Gasteiger partial charge is 0.481 e. The molecule has 2 heterocycles. The number of nitrogens with two attached hydrogens (primary N) is 1. The van der Waals surface area contributed by atoms with Crippen molar-refractivity contribution in [2.75, 3.05) is 12.4 Å². The molecule has 7 nitrogen and oxygen atoms in total. The van der Waals surface area contributed by atoms with E-state index in [9.17, 15) is 0 Å². The van der Waals surface area contributed by atoms with Crippen molar-refractivity contribution in [3.05, 3.63) is 24.2 Å². The quantitative estimate of drug-likeness (QED) is 0.781. The number of ether oxygens (including phenoxy) is 1. The standard InChI is InChI=1S/C10H12N6OS/c1-16-7(17-2)5-6(15-16)14-10-8(9(11)18)12-3-4-13-10/h3-5H,1-2H3,(H2,11,18)(H,13,14,15). The fourth-order valence-corrected chi connectivity index (χ4v) is 1.58. The van der Waals surface area contributed by atoms with E-state index in [2.05, 4.69) is 20.4 Å². The molecular formula is C10H12N6OS. The number of hydrogen-bond donors (Lipinski definition) is 2. The van der Waals surface area contributed by atoms with E-state index >= 15 is 0 Å². The van der Waals surface area contributed by atoms with E-state index in [1.807, 2.05) is 0 Å². The number of nitrogens with one attached hydrogen (secondary N) is 1. The molecule has 2 aromatic heterocycles. The lowest BCUT2D eigenvalue weighted by atomic mass is 10.4. The summed E-state index contributed by atoms with van der Waals surface area (Å²) in [6.45, 7) is 0. The molecule has 0 aliphatic rings. The van der Waals surface area contributed by atoms with Crippen molar-refractivity contribution in [3.8, 4) is 5.88 Å². The van der Waals surface area contributed by atoms with Crippen LogP contribution in [-0.2, 0) is 7.05 Å². The van der Waals surface area contributed by atoms with E-state index in [4.69, 9.17) is 22.7 Å². The van der Waals surface area contributed by atoms with Crippen LogP contribution in [0.15, 0.2) is 18.5 Å². The number of nitrogens with zero attached hydrogens (tertiary/aromatic N) is 4. The number of rotatable bonds is 4. The van der Waals surface area contributed by atoms with Gasteiger partial charge in [-0.15, -0.1) is 0 Å². The smallest absolute Gasteiger partial charge is 0.213 e. The molecule has 94 valence electrons. The summed E-state index contributed by atoms with van der Waals surface area (Å²) >= 11 is 4.90. The summed E-state index contributed by atoms with van der Waals surface area (Å²) in [5.74, 6) is 1.66. The summed E-state index contributed by atoms with van der Waals surface area (Å²) in [6.07, 6.45) is 3.07. The van der Waals surface area contributed by atoms with Crippen LogP contribution in [0.4, 0.5) is 11.6 Å². The average Bonchev–Trinajstić information content (AvgIpc) is 2.70. The second kappa shape index (κ2) is 4.96. The minimum Gasteiger partial charge on any atom is -0.481 e. The molecule has 0 atom stereocenters. The van der Waals surface area contributed by atoms with Crippen LogP contribution in [0.2, 0.25) is 0 Å². The summed E-state index contributed by atoms with van der Waals surface area (Å²) in [5, 5.41) is 7.20. The number of aryl methyl sites for hydroxylation is 1. The van der Waals surface area contributed by atoms with Gasteiger partial charge in [0.1, 0.15) is 10.7 Å². The van der Waals surface area contributed by atoms with Crippen molar-refractivity contribution in [2.45, 2.75) is 0 Å². The first-order chi connectivity index (χ1) is 8.61. The number of hydrogen-bond acceptors (Lipinski definition) is 6. The van der Waals surface area contributed by atoms with E-state index < -0.39 is 0 Å². The van der Waals surface area contributed by atoms with E-state index in [0.29, 0.717) is 23.2 Å². The molecule has 18 heavy (non-hydrogen) atoms. The summed E-state index contributed by atoms with van der Waals surface area (Å²) in [5.41, 5.74) is 6.00. The summed E-state index contributed by atoms with van der Waals surface area (Å²) in [7, 11) is 3.35. The highest BCUT2D eigenvalue weighted by molar-refractivity contribution is 7.80. The highest BCUT2D eigenvalue weighted by atomic mass is 32.1. The van der Waals surface area contributed by atoms with Crippen LogP contribution in [0.25, 0.3) is 0 Å². The van der Waals surface area contributed by atoms with Gasteiger partial charge in [-0.3, -0.25) is 0 Å². The van der Waals surface area contributed by atoms with Gasteiger partial charge in [0.05, 0.1) is 7.11 Å². The minimum atomic E-state index is 0.175. The van der Waals surface area contributed by atoms with Gasteiger partial charge in [0.2, 0.25) is 5.88 Å². The fourth-order valence-electron chi connectivity index (χ4n) is 1.43. The second-order valence-electron chi connectivity index (χ2n) is 3.44. The van der Waals surface area contributed by atoms with E-state index in [1.54, 1.807) is 31.1 Å². The molecular weight excluding hydrogens is 252 g/mol. The molecule has 2 rings (SSSR count). The Labute approximate surface area is 109 Å². The zero-order valence-electron chi connectivity index (χ0n) is 9.91. The summed E-state index contributed by atoms with van der Waals surface area (Å²) < 4.78 is 6.71. The predicted octanol–water partition coefficient (Wildman–Crippen LogP) is 0.596. The Morgan fingerprint density at radius 1 is 1.44 bits per heavy atom. The molecule has 0 bridgehead atoms. The molecule has 0 aliphatic heterocycles. The Morgan fingerprint density at radius 3 is 2.78 bits per heavy atom. The molecule has 0 aromatic carbocycles. The van der Waals surface area contributed by atoms with Crippen molar-refractivity contribution in [1.29, 1.82) is 0 Å². The van der Waals surface area contributed by atoms with Crippen molar-refractivity contribution >= 4 is 28.8 Å². The molecule has 0 spiro atoms. The van der Waals surface area contributed by atoms with Crippen LogP contribution in [0, 0.1) is 0 Å². The molecule has 3 N–H and O–H groups in total. The van der Waals surface area contributed by atoms with Crippen molar-refractivity contribution in [3.63, 3.8) is 0 Å². The number of methoxy groups -OCH3 is 1. The highest BCUT2D eigenvalue weighted by Gasteiger charge is 2.11. The molecule has 2 aromatic rings. The monoisotopic (exact) mass is 264 g/mol. The van der Waals surface area contributed by atoms with E-state index in [0.717, 1.165) is 0 Å². The maximum atomic E-state index is 5.57. The van der Waals surface area contributed by atoms with Crippen molar-refractivity contribution in [2.24, 2.45) is 12.8 Å². The zero-order chi connectivity index (χ0) is 13.1. The normalized spacial score (nSPS) is 10.1. The number of aromatic nitrogens is 4. The third kappa shape index (κ3) is 2.38. The van der Waals surface area contributed by atoms with Gasteiger partial charge in [-0.05, 0) is 0 Å². The van der Waals surface area contributed by atoms with E-state index in [-0.39, 0.29) is 4.99 Å². The Bertz CT molecular complexity index is 581. The molecule has 0 aliphatic carbocycles. The van der Waals surface area contributed by atoms with Crippen molar-refractivity contribution < 1.29 is 4.74 Å². The Kier molecular flexibility index (Phi) is 3.38. The van der Waals surface area contributed by atoms with Gasteiger partial charge in [-0.25, -0.2) is 14.6 Å². The van der Waals surface area contributed by atoms with Crippen LogP contribution in [-0.4, -0.2) is 31.8 Å². The second-order valence-corrected chi connectivity index (χ2v) is 3.88. The molecule has 0 amide bonds. The maximum absolute atomic E-state index is 5.57. The predicted molar refractivity (Wildman–Crippen MR) is 71.0 cm³/mol.